The van der Waals surface area contributed by atoms with E-state index in [0.29, 0.717) is 16.5 Å². The van der Waals surface area contributed by atoms with Crippen LogP contribution in [-0.4, -0.2) is 38.2 Å². The van der Waals surface area contributed by atoms with Crippen molar-refractivity contribution in [3.05, 3.63) is 52.5 Å². The van der Waals surface area contributed by atoms with Gasteiger partial charge in [-0.15, -0.1) is 0 Å². The van der Waals surface area contributed by atoms with E-state index in [2.05, 4.69) is 5.32 Å². The summed E-state index contributed by atoms with van der Waals surface area (Å²) in [5.74, 6) is -0.747. The van der Waals surface area contributed by atoms with Crippen molar-refractivity contribution in [1.82, 2.24) is 5.32 Å². The normalized spacial score (nSPS) is 9.96. The molecule has 0 bridgehead atoms. The largest absolute Gasteiger partial charge is 0.497 e. The Bertz CT molecular complexity index is 858. The smallest absolute Gasteiger partial charge is 0.344 e. The fourth-order valence-corrected chi connectivity index (χ4v) is 2.38. The Labute approximate surface area is 170 Å². The van der Waals surface area contributed by atoms with Crippen LogP contribution in [0.25, 0.3) is 0 Å². The Morgan fingerprint density at radius 2 is 1.71 bits per heavy atom. The number of hydrogen-bond donors (Lipinski definition) is 2. The predicted octanol–water partition coefficient (Wildman–Crippen LogP) is 3.27. The lowest BCUT2D eigenvalue weighted by molar-refractivity contribution is -0.150. The number of carbonyl (C=O) groups excluding carboxylic acids is 3. The molecule has 0 aliphatic heterocycles. The van der Waals surface area contributed by atoms with Gasteiger partial charge in [-0.05, 0) is 42.5 Å². The van der Waals surface area contributed by atoms with E-state index >= 15 is 0 Å². The molecule has 2 aromatic carbocycles. The molecule has 0 aromatic heterocycles. The van der Waals surface area contributed by atoms with Crippen molar-refractivity contribution in [3.8, 4) is 11.5 Å². The van der Waals surface area contributed by atoms with E-state index in [0.717, 1.165) is 0 Å². The first-order valence-corrected chi connectivity index (χ1v) is 8.61. The minimum Gasteiger partial charge on any atom is -0.497 e. The zero-order valence-electron chi connectivity index (χ0n) is 14.7. The summed E-state index contributed by atoms with van der Waals surface area (Å²) in [6.45, 7) is -1.11. The summed E-state index contributed by atoms with van der Waals surface area (Å²) in [5, 5.41) is 5.13. The fourth-order valence-electron chi connectivity index (χ4n) is 1.92. The molecule has 0 fully saturated rings. The summed E-state index contributed by atoms with van der Waals surface area (Å²) in [6.07, 6.45) is 0. The van der Waals surface area contributed by atoms with E-state index in [4.69, 9.17) is 37.4 Å². The number of anilines is 1. The molecule has 10 heteroatoms. The summed E-state index contributed by atoms with van der Waals surface area (Å²) in [7, 11) is 1.52. The van der Waals surface area contributed by atoms with Gasteiger partial charge in [-0.2, -0.15) is 0 Å². The highest BCUT2D eigenvalue weighted by Gasteiger charge is 2.12. The SMILES string of the molecule is COc1ccc(NC(=O)NC(=O)COC(=O)COc2ccc(Cl)cc2Cl)cc1. The second kappa shape index (κ2) is 10.4. The molecule has 0 radical (unpaired) electrons. The van der Waals surface area contributed by atoms with Crippen LogP contribution in [-0.2, 0) is 14.3 Å². The maximum absolute atomic E-state index is 11.7. The van der Waals surface area contributed by atoms with Crippen LogP contribution in [0.15, 0.2) is 42.5 Å². The average Bonchev–Trinajstić information content (AvgIpc) is 2.66. The molecule has 3 amide bonds. The number of methoxy groups -OCH3 is 1. The van der Waals surface area contributed by atoms with Gasteiger partial charge in [-0.25, -0.2) is 9.59 Å². The number of hydrogen-bond acceptors (Lipinski definition) is 6. The van der Waals surface area contributed by atoms with Gasteiger partial charge in [0.15, 0.2) is 13.2 Å². The van der Waals surface area contributed by atoms with Gasteiger partial charge in [0.25, 0.3) is 5.91 Å². The van der Waals surface area contributed by atoms with E-state index in [1.54, 1.807) is 30.3 Å². The van der Waals surface area contributed by atoms with Gasteiger partial charge in [0.2, 0.25) is 0 Å². The van der Waals surface area contributed by atoms with Crippen molar-refractivity contribution in [2.45, 2.75) is 0 Å². The fraction of sp³-hybridized carbons (Fsp3) is 0.167. The number of benzene rings is 2. The van der Waals surface area contributed by atoms with E-state index in [1.165, 1.54) is 19.2 Å². The highest BCUT2D eigenvalue weighted by Crippen LogP contribution is 2.27. The van der Waals surface area contributed by atoms with E-state index in [-0.39, 0.29) is 10.8 Å². The van der Waals surface area contributed by atoms with Gasteiger partial charge < -0.3 is 19.5 Å². The Hall–Kier alpha value is -2.97. The maximum atomic E-state index is 11.7. The summed E-state index contributed by atoms with van der Waals surface area (Å²) in [6, 6.07) is 10.2. The summed E-state index contributed by atoms with van der Waals surface area (Å²) >= 11 is 11.7. The average molecular weight is 427 g/mol. The molecule has 0 aliphatic rings. The van der Waals surface area contributed by atoms with Crippen molar-refractivity contribution in [3.63, 3.8) is 0 Å². The Morgan fingerprint density at radius 1 is 1.00 bits per heavy atom. The summed E-state index contributed by atoms with van der Waals surface area (Å²) in [5.41, 5.74) is 0.455. The van der Waals surface area contributed by atoms with Gasteiger partial charge in [-0.3, -0.25) is 10.1 Å². The molecule has 8 nitrogen and oxygen atoms in total. The number of halogens is 2. The quantitative estimate of drug-likeness (QED) is 0.658. The van der Waals surface area contributed by atoms with Crippen LogP contribution in [0.1, 0.15) is 0 Å². The highest BCUT2D eigenvalue weighted by atomic mass is 35.5. The van der Waals surface area contributed by atoms with Gasteiger partial charge in [-0.1, -0.05) is 23.2 Å². The minimum absolute atomic E-state index is 0.230. The van der Waals surface area contributed by atoms with E-state index in [1.807, 2.05) is 5.32 Å². The van der Waals surface area contributed by atoms with Gasteiger partial charge in [0.05, 0.1) is 12.1 Å². The highest BCUT2D eigenvalue weighted by molar-refractivity contribution is 6.35. The number of imide groups is 1. The molecule has 0 saturated carbocycles. The monoisotopic (exact) mass is 426 g/mol. The third-order valence-electron chi connectivity index (χ3n) is 3.20. The van der Waals surface area contributed by atoms with E-state index < -0.39 is 31.1 Å². The molecule has 148 valence electrons. The molecule has 0 unspecified atom stereocenters. The molecule has 0 atom stereocenters. The molecular weight excluding hydrogens is 411 g/mol. The Morgan fingerprint density at radius 3 is 2.36 bits per heavy atom. The molecular formula is C18H16Cl2N2O6. The lowest BCUT2D eigenvalue weighted by atomic mass is 10.3. The second-order valence-electron chi connectivity index (χ2n) is 5.25. The van der Waals surface area contributed by atoms with Crippen LogP contribution in [0.5, 0.6) is 11.5 Å². The molecule has 0 heterocycles. The summed E-state index contributed by atoms with van der Waals surface area (Å²) in [4.78, 5) is 35.0. The topological polar surface area (TPSA) is 103 Å². The lowest BCUT2D eigenvalue weighted by Crippen LogP contribution is -2.37. The molecule has 2 rings (SSSR count). The Balaban J connectivity index is 1.70. The van der Waals surface area contributed by atoms with Crippen molar-refractivity contribution < 1.29 is 28.6 Å². The second-order valence-corrected chi connectivity index (χ2v) is 6.10. The molecule has 0 aliphatic carbocycles. The van der Waals surface area contributed by atoms with Gasteiger partial charge in [0.1, 0.15) is 11.5 Å². The number of esters is 1. The minimum atomic E-state index is -0.809. The van der Waals surface area contributed by atoms with Gasteiger partial charge in [0, 0.05) is 10.7 Å². The molecule has 28 heavy (non-hydrogen) atoms. The molecule has 0 saturated heterocycles. The van der Waals surface area contributed by atoms with Crippen molar-refractivity contribution in [2.24, 2.45) is 0 Å². The molecule has 0 spiro atoms. The zero-order valence-corrected chi connectivity index (χ0v) is 16.2. The van der Waals surface area contributed by atoms with Crippen LogP contribution in [0.2, 0.25) is 10.0 Å². The van der Waals surface area contributed by atoms with Crippen LogP contribution in [0, 0.1) is 0 Å². The Kier molecular flexibility index (Phi) is 7.91. The number of carbonyl (C=O) groups is 3. The van der Waals surface area contributed by atoms with Crippen LogP contribution in [0.3, 0.4) is 0 Å². The third-order valence-corrected chi connectivity index (χ3v) is 3.74. The summed E-state index contributed by atoms with van der Waals surface area (Å²) < 4.78 is 14.9. The zero-order chi connectivity index (χ0) is 20.5. The molecule has 2 aromatic rings. The number of urea groups is 1. The van der Waals surface area contributed by atoms with Crippen LogP contribution in [0.4, 0.5) is 10.5 Å². The molecule has 2 N–H and O–H groups in total. The van der Waals surface area contributed by atoms with Crippen molar-refractivity contribution >= 4 is 46.8 Å². The maximum Gasteiger partial charge on any atom is 0.344 e. The number of ether oxygens (including phenoxy) is 3. The first-order chi connectivity index (χ1) is 13.4. The lowest BCUT2D eigenvalue weighted by Gasteiger charge is -2.09. The first kappa shape index (κ1) is 21.3. The third kappa shape index (κ3) is 6.98. The first-order valence-electron chi connectivity index (χ1n) is 7.85. The number of nitrogens with one attached hydrogen (secondary N) is 2. The van der Waals surface area contributed by atoms with E-state index in [9.17, 15) is 14.4 Å². The van der Waals surface area contributed by atoms with Crippen molar-refractivity contribution in [2.75, 3.05) is 25.6 Å². The number of rotatable bonds is 7. The predicted molar refractivity (Wildman–Crippen MR) is 103 cm³/mol. The standard InChI is InChI=1S/C18H16Cl2N2O6/c1-26-13-5-3-12(4-6-13)21-18(25)22-16(23)9-28-17(24)10-27-15-7-2-11(19)8-14(15)20/h2-8H,9-10H2,1H3,(H2,21,22,23,25). The van der Waals surface area contributed by atoms with Gasteiger partial charge >= 0.3 is 12.0 Å². The number of amides is 3. The van der Waals surface area contributed by atoms with Crippen molar-refractivity contribution in [1.29, 1.82) is 0 Å². The van der Waals surface area contributed by atoms with Crippen LogP contribution < -0.4 is 20.1 Å². The van der Waals surface area contributed by atoms with Crippen LogP contribution >= 0.6 is 23.2 Å².